The Morgan fingerprint density at radius 2 is 2.00 bits per heavy atom. The van der Waals surface area contributed by atoms with Gasteiger partial charge in [0, 0.05) is 13.0 Å². The van der Waals surface area contributed by atoms with E-state index in [-0.39, 0.29) is 0 Å². The Labute approximate surface area is 101 Å². The molecule has 0 bridgehead atoms. The van der Waals surface area contributed by atoms with E-state index >= 15 is 0 Å². The van der Waals surface area contributed by atoms with Crippen LogP contribution in [0.25, 0.3) is 5.69 Å². The van der Waals surface area contributed by atoms with E-state index in [0.29, 0.717) is 0 Å². The van der Waals surface area contributed by atoms with Crippen LogP contribution in [-0.4, -0.2) is 33.8 Å². The van der Waals surface area contributed by atoms with Crippen LogP contribution in [0.4, 0.5) is 0 Å². The zero-order chi connectivity index (χ0) is 12.1. The summed E-state index contributed by atoms with van der Waals surface area (Å²) in [4.78, 5) is 0. The molecule has 1 N–H and O–H groups in total. The van der Waals surface area contributed by atoms with Gasteiger partial charge in [0.25, 0.3) is 0 Å². The summed E-state index contributed by atoms with van der Waals surface area (Å²) in [5.74, 6) is 0.878. The molecule has 17 heavy (non-hydrogen) atoms. The van der Waals surface area contributed by atoms with E-state index in [1.807, 2.05) is 7.05 Å². The number of benzene rings is 1. The summed E-state index contributed by atoms with van der Waals surface area (Å²) in [5.41, 5.74) is 2.33. The average Bonchev–Trinajstić information content (AvgIpc) is 2.84. The van der Waals surface area contributed by atoms with E-state index in [2.05, 4.69) is 52.0 Å². The van der Waals surface area contributed by atoms with Gasteiger partial charge in [-0.3, -0.25) is 0 Å². The van der Waals surface area contributed by atoms with E-state index in [1.165, 1.54) is 5.56 Å². The Morgan fingerprint density at radius 1 is 1.24 bits per heavy atom. The first-order valence-corrected chi connectivity index (χ1v) is 5.86. The number of tetrazole rings is 1. The largest absolute Gasteiger partial charge is 0.319 e. The first-order chi connectivity index (χ1) is 8.35. The predicted octanol–water partition coefficient (Wildman–Crippen LogP) is 0.987. The van der Waals surface area contributed by atoms with E-state index in [4.69, 9.17) is 0 Å². The number of aryl methyl sites for hydroxylation is 1. The van der Waals surface area contributed by atoms with Gasteiger partial charge >= 0.3 is 0 Å². The number of rotatable bonds is 5. The second-order valence-corrected chi connectivity index (χ2v) is 3.88. The average molecular weight is 231 g/mol. The molecule has 1 aromatic carbocycles. The highest BCUT2D eigenvalue weighted by atomic mass is 15.5. The fraction of sp³-hybridized carbons (Fsp3) is 0.417. The highest BCUT2D eigenvalue weighted by Gasteiger charge is 2.07. The predicted molar refractivity (Wildman–Crippen MR) is 66.2 cm³/mol. The number of nitrogens with zero attached hydrogens (tertiary/aromatic N) is 4. The number of aromatic nitrogens is 4. The summed E-state index contributed by atoms with van der Waals surface area (Å²) in [6.07, 6.45) is 1.86. The Morgan fingerprint density at radius 3 is 2.65 bits per heavy atom. The van der Waals surface area contributed by atoms with Crippen LogP contribution >= 0.6 is 0 Å². The topological polar surface area (TPSA) is 55.6 Å². The number of likely N-dealkylation sites (N-methyl/N-ethyl adjacent to an activating group) is 1. The van der Waals surface area contributed by atoms with Crippen LogP contribution in [0.15, 0.2) is 24.3 Å². The molecule has 2 rings (SSSR count). The Kier molecular flexibility index (Phi) is 3.82. The molecule has 0 radical (unpaired) electrons. The second-order valence-electron chi connectivity index (χ2n) is 3.88. The normalized spacial score (nSPS) is 10.7. The third-order valence-electron chi connectivity index (χ3n) is 2.72. The van der Waals surface area contributed by atoms with Gasteiger partial charge in [0.05, 0.1) is 5.69 Å². The SMILES string of the molecule is CCc1ccc(-n2nnnc2CCNC)cc1. The molecule has 5 nitrogen and oxygen atoms in total. The molecule has 0 unspecified atom stereocenters. The molecule has 90 valence electrons. The third kappa shape index (κ3) is 2.68. The van der Waals surface area contributed by atoms with E-state index in [9.17, 15) is 0 Å². The molecule has 0 aliphatic heterocycles. The summed E-state index contributed by atoms with van der Waals surface area (Å²) in [7, 11) is 1.92. The lowest BCUT2D eigenvalue weighted by molar-refractivity contribution is 0.716. The fourth-order valence-corrected chi connectivity index (χ4v) is 1.67. The summed E-state index contributed by atoms with van der Waals surface area (Å²) >= 11 is 0. The van der Waals surface area contributed by atoms with E-state index in [1.54, 1.807) is 4.68 Å². The van der Waals surface area contributed by atoms with Crippen LogP contribution in [0, 0.1) is 0 Å². The Hall–Kier alpha value is -1.75. The van der Waals surface area contributed by atoms with Crippen molar-refractivity contribution in [1.82, 2.24) is 25.5 Å². The lowest BCUT2D eigenvalue weighted by atomic mass is 10.1. The molecule has 0 atom stereocenters. The number of hydrogen-bond acceptors (Lipinski definition) is 4. The molecular formula is C12H17N5. The number of hydrogen-bond donors (Lipinski definition) is 1. The van der Waals surface area contributed by atoms with Crippen molar-refractivity contribution in [3.05, 3.63) is 35.7 Å². The second kappa shape index (κ2) is 5.54. The number of nitrogens with one attached hydrogen (secondary N) is 1. The van der Waals surface area contributed by atoms with Crippen LogP contribution < -0.4 is 5.32 Å². The standard InChI is InChI=1S/C12H17N5/c1-3-10-4-6-11(7-5-10)17-12(8-9-13-2)14-15-16-17/h4-7,13H,3,8-9H2,1-2H3. The Balaban J connectivity index is 2.23. The molecule has 0 aliphatic carbocycles. The molecular weight excluding hydrogens is 214 g/mol. The minimum absolute atomic E-state index is 0.818. The van der Waals surface area contributed by atoms with Crippen molar-refractivity contribution in [3.8, 4) is 5.69 Å². The van der Waals surface area contributed by atoms with Crippen LogP contribution in [0.1, 0.15) is 18.3 Å². The van der Waals surface area contributed by atoms with Crippen molar-refractivity contribution < 1.29 is 0 Å². The van der Waals surface area contributed by atoms with Crippen molar-refractivity contribution in [3.63, 3.8) is 0 Å². The lowest BCUT2D eigenvalue weighted by Crippen LogP contribution is -2.14. The molecule has 0 fully saturated rings. The molecule has 0 saturated heterocycles. The molecule has 0 saturated carbocycles. The first-order valence-electron chi connectivity index (χ1n) is 5.86. The van der Waals surface area contributed by atoms with Crippen molar-refractivity contribution in [2.45, 2.75) is 19.8 Å². The maximum atomic E-state index is 4.03. The molecule has 0 aliphatic rings. The van der Waals surface area contributed by atoms with Gasteiger partial charge in [-0.05, 0) is 41.6 Å². The monoisotopic (exact) mass is 231 g/mol. The van der Waals surface area contributed by atoms with E-state index in [0.717, 1.165) is 30.9 Å². The van der Waals surface area contributed by atoms with Gasteiger partial charge in [-0.15, -0.1) is 5.10 Å². The van der Waals surface area contributed by atoms with Gasteiger partial charge in [-0.1, -0.05) is 19.1 Å². The van der Waals surface area contributed by atoms with Crippen molar-refractivity contribution in [2.24, 2.45) is 0 Å². The maximum Gasteiger partial charge on any atom is 0.157 e. The molecule has 2 aromatic rings. The molecule has 1 heterocycles. The van der Waals surface area contributed by atoms with Crippen LogP contribution in [0.5, 0.6) is 0 Å². The van der Waals surface area contributed by atoms with Gasteiger partial charge in [0.1, 0.15) is 0 Å². The summed E-state index contributed by atoms with van der Waals surface area (Å²) in [6.45, 7) is 3.01. The van der Waals surface area contributed by atoms with Gasteiger partial charge in [-0.25, -0.2) is 0 Å². The lowest BCUT2D eigenvalue weighted by Gasteiger charge is -2.05. The van der Waals surface area contributed by atoms with E-state index < -0.39 is 0 Å². The summed E-state index contributed by atoms with van der Waals surface area (Å²) in [5, 5.41) is 14.9. The van der Waals surface area contributed by atoms with Crippen LogP contribution in [0.3, 0.4) is 0 Å². The molecule has 1 aromatic heterocycles. The summed E-state index contributed by atoms with van der Waals surface area (Å²) in [6, 6.07) is 8.33. The third-order valence-corrected chi connectivity index (χ3v) is 2.72. The zero-order valence-corrected chi connectivity index (χ0v) is 10.2. The highest BCUT2D eigenvalue weighted by Crippen LogP contribution is 2.10. The van der Waals surface area contributed by atoms with Crippen molar-refractivity contribution in [2.75, 3.05) is 13.6 Å². The van der Waals surface area contributed by atoms with Crippen molar-refractivity contribution >= 4 is 0 Å². The minimum Gasteiger partial charge on any atom is -0.319 e. The molecule has 0 spiro atoms. The van der Waals surface area contributed by atoms with Crippen LogP contribution in [0.2, 0.25) is 0 Å². The zero-order valence-electron chi connectivity index (χ0n) is 10.2. The fourth-order valence-electron chi connectivity index (χ4n) is 1.67. The minimum atomic E-state index is 0.818. The van der Waals surface area contributed by atoms with Gasteiger partial charge < -0.3 is 5.32 Å². The summed E-state index contributed by atoms with van der Waals surface area (Å²) < 4.78 is 1.79. The quantitative estimate of drug-likeness (QED) is 0.833. The van der Waals surface area contributed by atoms with Gasteiger partial charge in [0.2, 0.25) is 0 Å². The van der Waals surface area contributed by atoms with Gasteiger partial charge in [0.15, 0.2) is 5.82 Å². The van der Waals surface area contributed by atoms with Crippen molar-refractivity contribution in [1.29, 1.82) is 0 Å². The Bertz CT molecular complexity index is 460. The maximum absolute atomic E-state index is 4.03. The molecule has 5 heteroatoms. The first kappa shape index (κ1) is 11.7. The highest BCUT2D eigenvalue weighted by molar-refractivity contribution is 5.34. The van der Waals surface area contributed by atoms with Gasteiger partial charge in [-0.2, -0.15) is 4.68 Å². The molecule has 0 amide bonds. The smallest absolute Gasteiger partial charge is 0.157 e. The van der Waals surface area contributed by atoms with Crippen LogP contribution in [-0.2, 0) is 12.8 Å².